The topological polar surface area (TPSA) is 61.4 Å². The van der Waals surface area contributed by atoms with Gasteiger partial charge in [-0.2, -0.15) is 0 Å². The molecule has 0 radical (unpaired) electrons. The molecule has 0 aliphatic carbocycles. The second-order valence-electron chi connectivity index (χ2n) is 7.40. The summed E-state index contributed by atoms with van der Waals surface area (Å²) in [6, 6.07) is 21.9. The second kappa shape index (κ2) is 9.34. The highest BCUT2D eigenvalue weighted by Gasteiger charge is 2.31. The van der Waals surface area contributed by atoms with Gasteiger partial charge in [0.1, 0.15) is 5.70 Å². The van der Waals surface area contributed by atoms with Gasteiger partial charge in [-0.3, -0.25) is 14.5 Å². The molecule has 1 aliphatic heterocycles. The van der Waals surface area contributed by atoms with Gasteiger partial charge < -0.3 is 10.6 Å². The molecule has 7 heteroatoms. The van der Waals surface area contributed by atoms with Crippen LogP contribution in [0.25, 0.3) is 6.08 Å². The van der Waals surface area contributed by atoms with Crippen molar-refractivity contribution < 1.29 is 9.59 Å². The molecule has 0 atom stereocenters. The smallest absolute Gasteiger partial charge is 0.281 e. The van der Waals surface area contributed by atoms with E-state index in [1.54, 1.807) is 42.5 Å². The predicted molar refractivity (Wildman–Crippen MR) is 131 cm³/mol. The Labute approximate surface area is 196 Å². The van der Waals surface area contributed by atoms with E-state index in [4.69, 9.17) is 23.8 Å². The number of carbonyl (C=O) groups excluding carboxylic acids is 2. The lowest BCUT2D eigenvalue weighted by Gasteiger charge is -2.13. The monoisotopic (exact) mass is 461 g/mol. The maximum Gasteiger partial charge on any atom is 0.281 e. The van der Waals surface area contributed by atoms with Gasteiger partial charge in [0.2, 0.25) is 0 Å². The minimum atomic E-state index is -0.219. The third-order valence-corrected chi connectivity index (χ3v) is 5.56. The molecule has 2 amide bonds. The number of rotatable bonds is 5. The van der Waals surface area contributed by atoms with Gasteiger partial charge >= 0.3 is 0 Å². The predicted octanol–water partition coefficient (Wildman–Crippen LogP) is 4.84. The average molecular weight is 462 g/mol. The Morgan fingerprint density at radius 1 is 1.03 bits per heavy atom. The van der Waals surface area contributed by atoms with Crippen LogP contribution in [0.2, 0.25) is 5.02 Å². The molecule has 2 N–H and O–H groups in total. The van der Waals surface area contributed by atoms with Gasteiger partial charge in [0, 0.05) is 17.1 Å². The molecule has 5 nitrogen and oxygen atoms in total. The van der Waals surface area contributed by atoms with Crippen LogP contribution >= 0.6 is 23.8 Å². The van der Waals surface area contributed by atoms with Crippen LogP contribution in [-0.2, 0) is 11.3 Å². The summed E-state index contributed by atoms with van der Waals surface area (Å²) in [5.74, 6) is -0.399. The van der Waals surface area contributed by atoms with E-state index in [1.807, 2.05) is 43.3 Å². The molecular formula is C25H20ClN3O2S. The molecule has 1 heterocycles. The lowest BCUT2D eigenvalue weighted by molar-refractivity contribution is -0.113. The van der Waals surface area contributed by atoms with Gasteiger partial charge in [0.25, 0.3) is 11.8 Å². The van der Waals surface area contributed by atoms with Crippen molar-refractivity contribution in [2.75, 3.05) is 4.90 Å². The van der Waals surface area contributed by atoms with E-state index >= 15 is 0 Å². The first-order valence-electron chi connectivity index (χ1n) is 9.97. The fourth-order valence-electron chi connectivity index (χ4n) is 3.25. The summed E-state index contributed by atoms with van der Waals surface area (Å²) in [4.78, 5) is 26.7. The zero-order chi connectivity index (χ0) is 22.7. The first-order chi connectivity index (χ1) is 15.4. The Balaban J connectivity index is 1.43. The summed E-state index contributed by atoms with van der Waals surface area (Å²) in [6.45, 7) is 2.39. The summed E-state index contributed by atoms with van der Waals surface area (Å²) in [7, 11) is 0. The normalized spacial score (nSPS) is 14.6. The highest BCUT2D eigenvalue weighted by molar-refractivity contribution is 7.80. The van der Waals surface area contributed by atoms with E-state index < -0.39 is 0 Å². The summed E-state index contributed by atoms with van der Waals surface area (Å²) in [5, 5.41) is 6.85. The van der Waals surface area contributed by atoms with Crippen molar-refractivity contribution in [2.24, 2.45) is 0 Å². The van der Waals surface area contributed by atoms with Crippen LogP contribution < -0.4 is 15.5 Å². The number of benzene rings is 3. The van der Waals surface area contributed by atoms with Crippen LogP contribution in [-0.4, -0.2) is 16.9 Å². The van der Waals surface area contributed by atoms with Crippen LogP contribution in [0.15, 0.2) is 78.5 Å². The maximum atomic E-state index is 12.9. The van der Waals surface area contributed by atoms with E-state index in [0.717, 1.165) is 16.7 Å². The summed E-state index contributed by atoms with van der Waals surface area (Å²) < 4.78 is 0. The molecule has 32 heavy (non-hydrogen) atoms. The number of nitrogens with zero attached hydrogens (tertiary/aromatic N) is 1. The van der Waals surface area contributed by atoms with Crippen molar-refractivity contribution in [3.8, 4) is 0 Å². The van der Waals surface area contributed by atoms with Crippen molar-refractivity contribution in [3.63, 3.8) is 0 Å². The van der Waals surface area contributed by atoms with Gasteiger partial charge in [-0.25, -0.2) is 0 Å². The SMILES string of the molecule is Cc1ccc(N2C(=O)/C(=C/c3ccc(C(=O)NCc4ccc(Cl)cc4)cc3)NC2=S)cc1. The summed E-state index contributed by atoms with van der Waals surface area (Å²) >= 11 is 11.2. The van der Waals surface area contributed by atoms with Gasteiger partial charge in [-0.15, -0.1) is 0 Å². The maximum absolute atomic E-state index is 12.9. The Morgan fingerprint density at radius 3 is 2.34 bits per heavy atom. The zero-order valence-electron chi connectivity index (χ0n) is 17.3. The molecule has 0 bridgehead atoms. The van der Waals surface area contributed by atoms with E-state index in [-0.39, 0.29) is 11.8 Å². The second-order valence-corrected chi connectivity index (χ2v) is 8.22. The molecule has 3 aromatic rings. The number of anilines is 1. The van der Waals surface area contributed by atoms with Gasteiger partial charge in [-0.1, -0.05) is 53.6 Å². The van der Waals surface area contributed by atoms with Crippen molar-refractivity contribution in [2.45, 2.75) is 13.5 Å². The Bertz CT molecular complexity index is 1200. The molecule has 4 rings (SSSR count). The molecule has 0 spiro atoms. The molecule has 1 aliphatic rings. The van der Waals surface area contributed by atoms with Gasteiger partial charge in [0.15, 0.2) is 5.11 Å². The Hall–Kier alpha value is -3.48. The summed E-state index contributed by atoms with van der Waals surface area (Å²) in [5.41, 5.74) is 4.48. The standard InChI is InChI=1S/C25H20ClN3O2S/c1-16-2-12-21(13-3-16)29-24(31)22(28-25(29)32)14-17-4-8-19(9-5-17)23(30)27-15-18-6-10-20(26)11-7-18/h2-14H,15H2,1H3,(H,27,30)(H,28,32)/b22-14-. The number of nitrogens with one attached hydrogen (secondary N) is 2. The van der Waals surface area contributed by atoms with E-state index in [9.17, 15) is 9.59 Å². The van der Waals surface area contributed by atoms with Crippen molar-refractivity contribution >= 4 is 52.5 Å². The van der Waals surface area contributed by atoms with Crippen LogP contribution in [0, 0.1) is 6.92 Å². The molecular weight excluding hydrogens is 442 g/mol. The number of aryl methyl sites for hydroxylation is 1. The number of hydrogen-bond donors (Lipinski definition) is 2. The number of amides is 2. The van der Waals surface area contributed by atoms with Crippen LogP contribution in [0.1, 0.15) is 27.0 Å². The highest BCUT2D eigenvalue weighted by Crippen LogP contribution is 2.23. The number of thiocarbonyl (C=S) groups is 1. The van der Waals surface area contributed by atoms with Crippen molar-refractivity contribution in [3.05, 3.63) is 106 Å². The Morgan fingerprint density at radius 2 is 1.69 bits per heavy atom. The molecule has 0 saturated carbocycles. The van der Waals surface area contributed by atoms with Crippen LogP contribution in [0.5, 0.6) is 0 Å². The lowest BCUT2D eigenvalue weighted by Crippen LogP contribution is -2.30. The van der Waals surface area contributed by atoms with E-state index in [2.05, 4.69) is 10.6 Å². The van der Waals surface area contributed by atoms with E-state index in [0.29, 0.717) is 33.6 Å². The molecule has 0 unspecified atom stereocenters. The number of carbonyl (C=O) groups is 2. The average Bonchev–Trinajstić information content (AvgIpc) is 3.07. The number of halogens is 1. The minimum absolute atomic E-state index is 0.180. The molecule has 1 fully saturated rings. The fraction of sp³-hybridized carbons (Fsp3) is 0.0800. The van der Waals surface area contributed by atoms with E-state index in [1.165, 1.54) is 4.90 Å². The van der Waals surface area contributed by atoms with Crippen molar-refractivity contribution in [1.29, 1.82) is 0 Å². The molecule has 0 aromatic heterocycles. The fourth-order valence-corrected chi connectivity index (χ4v) is 3.67. The third kappa shape index (κ3) is 4.88. The minimum Gasteiger partial charge on any atom is -0.348 e. The van der Waals surface area contributed by atoms with Crippen molar-refractivity contribution in [1.82, 2.24) is 10.6 Å². The third-order valence-electron chi connectivity index (χ3n) is 5.02. The first-order valence-corrected chi connectivity index (χ1v) is 10.8. The largest absolute Gasteiger partial charge is 0.348 e. The quantitative estimate of drug-likeness (QED) is 0.421. The summed E-state index contributed by atoms with van der Waals surface area (Å²) in [6.07, 6.45) is 1.72. The van der Waals surface area contributed by atoms with Gasteiger partial charge in [0.05, 0.1) is 5.69 Å². The van der Waals surface area contributed by atoms with Gasteiger partial charge in [-0.05, 0) is 72.7 Å². The molecule has 1 saturated heterocycles. The lowest BCUT2D eigenvalue weighted by atomic mass is 10.1. The van der Waals surface area contributed by atoms with Crippen LogP contribution in [0.4, 0.5) is 5.69 Å². The molecule has 3 aromatic carbocycles. The highest BCUT2D eigenvalue weighted by atomic mass is 35.5. The number of hydrogen-bond acceptors (Lipinski definition) is 3. The first kappa shape index (κ1) is 21.7. The zero-order valence-corrected chi connectivity index (χ0v) is 18.8. The molecule has 160 valence electrons. The Kier molecular flexibility index (Phi) is 6.35. The van der Waals surface area contributed by atoms with Crippen LogP contribution in [0.3, 0.4) is 0 Å².